The minimum absolute atomic E-state index is 0.132. The fraction of sp³-hybridized carbons (Fsp3) is 0.409. The van der Waals surface area contributed by atoms with Gasteiger partial charge in [-0.15, -0.1) is 0 Å². The van der Waals surface area contributed by atoms with Crippen molar-refractivity contribution in [3.8, 4) is 11.1 Å². The zero-order valence-electron chi connectivity index (χ0n) is 15.5. The van der Waals surface area contributed by atoms with E-state index in [1.54, 1.807) is 0 Å². The van der Waals surface area contributed by atoms with Crippen molar-refractivity contribution in [2.45, 2.75) is 13.0 Å². The Bertz CT molecular complexity index is 770. The summed E-state index contributed by atoms with van der Waals surface area (Å²) in [5.41, 5.74) is 4.34. The number of rotatable bonds is 2. The summed E-state index contributed by atoms with van der Waals surface area (Å²) < 4.78 is 5.76. The highest BCUT2D eigenvalue weighted by molar-refractivity contribution is 5.94. The fourth-order valence-corrected chi connectivity index (χ4v) is 3.95. The number of nitrogens with zero attached hydrogens (tertiary/aromatic N) is 2. The molecule has 4 nitrogen and oxygen atoms in total. The molecule has 0 spiro atoms. The van der Waals surface area contributed by atoms with Crippen LogP contribution in [0.15, 0.2) is 48.5 Å². The molecular formula is C22H26N2O2. The molecule has 2 aliphatic rings. The quantitative estimate of drug-likeness (QED) is 0.834. The smallest absolute Gasteiger partial charge is 0.253 e. The fourth-order valence-electron chi connectivity index (χ4n) is 3.95. The second-order valence-corrected chi connectivity index (χ2v) is 7.65. The number of likely N-dealkylation sites (N-methyl/N-ethyl adjacent to an activating group) is 1. The Kier molecular flexibility index (Phi) is 4.79. The Morgan fingerprint density at radius 2 is 1.58 bits per heavy atom. The normalized spacial score (nSPS) is 23.5. The molecule has 4 heteroatoms. The Labute approximate surface area is 155 Å². The van der Waals surface area contributed by atoms with E-state index in [0.717, 1.165) is 37.4 Å². The van der Waals surface area contributed by atoms with Gasteiger partial charge < -0.3 is 9.64 Å². The standard InChI is InChI=1S/C22H26N2O2/c1-16-3-5-18(6-4-16)19-7-9-20(10-8-19)22(25)24-12-17-11-23(2)21(13-24)15-26-14-17/h3-10,17,21H,11-15H2,1-2H3/t17-,21+/m1/s1. The number of aryl methyl sites for hydroxylation is 1. The van der Waals surface area contributed by atoms with Crippen molar-refractivity contribution in [1.82, 2.24) is 9.80 Å². The van der Waals surface area contributed by atoms with E-state index in [9.17, 15) is 4.79 Å². The largest absolute Gasteiger partial charge is 0.379 e. The molecule has 0 aromatic heterocycles. The predicted molar refractivity (Wildman–Crippen MR) is 103 cm³/mol. The zero-order valence-corrected chi connectivity index (χ0v) is 15.5. The molecule has 0 saturated carbocycles. The van der Waals surface area contributed by atoms with Gasteiger partial charge in [0, 0.05) is 31.1 Å². The second kappa shape index (κ2) is 7.22. The molecule has 26 heavy (non-hydrogen) atoms. The Hall–Kier alpha value is -2.17. The maximum atomic E-state index is 13.0. The van der Waals surface area contributed by atoms with Crippen LogP contribution >= 0.6 is 0 Å². The molecule has 2 aliphatic heterocycles. The number of hydrogen-bond donors (Lipinski definition) is 0. The van der Waals surface area contributed by atoms with Gasteiger partial charge in [-0.2, -0.15) is 0 Å². The number of ether oxygens (including phenoxy) is 1. The third-order valence-electron chi connectivity index (χ3n) is 5.55. The summed E-state index contributed by atoms with van der Waals surface area (Å²) in [6.07, 6.45) is 0. The minimum atomic E-state index is 0.132. The van der Waals surface area contributed by atoms with Crippen LogP contribution in [0.2, 0.25) is 0 Å². The van der Waals surface area contributed by atoms with E-state index >= 15 is 0 Å². The van der Waals surface area contributed by atoms with Gasteiger partial charge in [-0.05, 0) is 37.2 Å². The van der Waals surface area contributed by atoms with Crippen molar-refractivity contribution < 1.29 is 9.53 Å². The molecule has 136 valence electrons. The molecule has 2 bridgehead atoms. The minimum Gasteiger partial charge on any atom is -0.379 e. The molecule has 2 saturated heterocycles. The van der Waals surface area contributed by atoms with Crippen LogP contribution in [0.25, 0.3) is 11.1 Å². The van der Waals surface area contributed by atoms with Crippen LogP contribution < -0.4 is 0 Å². The number of carbonyl (C=O) groups excluding carboxylic acids is 1. The number of benzene rings is 2. The lowest BCUT2D eigenvalue weighted by molar-refractivity contribution is 0.0434. The maximum Gasteiger partial charge on any atom is 0.253 e. The van der Waals surface area contributed by atoms with Gasteiger partial charge in [-0.25, -0.2) is 0 Å². The van der Waals surface area contributed by atoms with Crippen molar-refractivity contribution in [3.05, 3.63) is 59.7 Å². The van der Waals surface area contributed by atoms with E-state index in [2.05, 4.69) is 43.1 Å². The van der Waals surface area contributed by atoms with E-state index in [1.807, 2.05) is 29.2 Å². The summed E-state index contributed by atoms with van der Waals surface area (Å²) in [6, 6.07) is 16.8. The summed E-state index contributed by atoms with van der Waals surface area (Å²) in [6.45, 7) is 6.07. The summed E-state index contributed by atoms with van der Waals surface area (Å²) in [5.74, 6) is 0.524. The number of fused-ring (bicyclic) bond motifs is 3. The van der Waals surface area contributed by atoms with Gasteiger partial charge in [0.1, 0.15) is 0 Å². The lowest BCUT2D eigenvalue weighted by Crippen LogP contribution is -2.44. The van der Waals surface area contributed by atoms with E-state index in [0.29, 0.717) is 18.6 Å². The van der Waals surface area contributed by atoms with Crippen LogP contribution in [0.3, 0.4) is 0 Å². The van der Waals surface area contributed by atoms with E-state index in [4.69, 9.17) is 4.74 Å². The van der Waals surface area contributed by atoms with Crippen molar-refractivity contribution in [2.75, 3.05) is 39.9 Å². The molecule has 4 rings (SSSR count). The third kappa shape index (κ3) is 3.53. The van der Waals surface area contributed by atoms with Gasteiger partial charge in [0.25, 0.3) is 5.91 Å². The first kappa shape index (κ1) is 17.3. The van der Waals surface area contributed by atoms with Gasteiger partial charge in [0.2, 0.25) is 0 Å². The summed E-state index contributed by atoms with van der Waals surface area (Å²) >= 11 is 0. The van der Waals surface area contributed by atoms with Crippen LogP contribution in [0.4, 0.5) is 0 Å². The molecule has 0 aliphatic carbocycles. The van der Waals surface area contributed by atoms with Crippen LogP contribution in [0, 0.1) is 12.8 Å². The number of carbonyl (C=O) groups is 1. The van der Waals surface area contributed by atoms with Crippen molar-refractivity contribution >= 4 is 5.91 Å². The van der Waals surface area contributed by atoms with E-state index < -0.39 is 0 Å². The zero-order chi connectivity index (χ0) is 18.1. The first-order valence-corrected chi connectivity index (χ1v) is 9.34. The molecule has 0 unspecified atom stereocenters. The van der Waals surface area contributed by atoms with E-state index in [1.165, 1.54) is 11.1 Å². The van der Waals surface area contributed by atoms with Gasteiger partial charge >= 0.3 is 0 Å². The molecule has 0 radical (unpaired) electrons. The molecule has 2 fully saturated rings. The highest BCUT2D eigenvalue weighted by atomic mass is 16.5. The van der Waals surface area contributed by atoms with Gasteiger partial charge in [-0.1, -0.05) is 42.0 Å². The highest BCUT2D eigenvalue weighted by Gasteiger charge is 2.33. The SMILES string of the molecule is Cc1ccc(-c2ccc(C(=O)N3C[C@@H]4COC[C@H](C3)N(C)C4)cc2)cc1. The van der Waals surface area contributed by atoms with Crippen LogP contribution in [0.1, 0.15) is 15.9 Å². The van der Waals surface area contributed by atoms with Crippen LogP contribution in [-0.2, 0) is 4.74 Å². The Balaban J connectivity index is 1.52. The summed E-state index contributed by atoms with van der Waals surface area (Å²) in [5, 5.41) is 0. The van der Waals surface area contributed by atoms with Crippen molar-refractivity contribution in [1.29, 1.82) is 0 Å². The van der Waals surface area contributed by atoms with Crippen LogP contribution in [0.5, 0.6) is 0 Å². The molecule has 1 amide bonds. The summed E-state index contributed by atoms with van der Waals surface area (Å²) in [4.78, 5) is 17.4. The van der Waals surface area contributed by atoms with Gasteiger partial charge in [0.15, 0.2) is 0 Å². The lowest BCUT2D eigenvalue weighted by atomic mass is 10.0. The van der Waals surface area contributed by atoms with Gasteiger partial charge in [0.05, 0.1) is 19.3 Å². The lowest BCUT2D eigenvalue weighted by Gasteiger charge is -2.29. The maximum absolute atomic E-state index is 13.0. The Morgan fingerprint density at radius 1 is 0.923 bits per heavy atom. The second-order valence-electron chi connectivity index (χ2n) is 7.65. The van der Waals surface area contributed by atoms with Gasteiger partial charge in [-0.3, -0.25) is 9.69 Å². The molecule has 2 heterocycles. The highest BCUT2D eigenvalue weighted by Crippen LogP contribution is 2.23. The number of hydrogen-bond acceptors (Lipinski definition) is 3. The first-order valence-electron chi connectivity index (χ1n) is 9.34. The average molecular weight is 350 g/mol. The molecule has 2 aromatic rings. The molecule has 2 atom stereocenters. The summed E-state index contributed by atoms with van der Waals surface area (Å²) in [7, 11) is 2.14. The Morgan fingerprint density at radius 3 is 2.27 bits per heavy atom. The topological polar surface area (TPSA) is 32.8 Å². The molecule has 2 aromatic carbocycles. The van der Waals surface area contributed by atoms with E-state index in [-0.39, 0.29) is 5.91 Å². The van der Waals surface area contributed by atoms with Crippen molar-refractivity contribution in [2.24, 2.45) is 5.92 Å². The monoisotopic (exact) mass is 350 g/mol. The molecular weight excluding hydrogens is 324 g/mol. The van der Waals surface area contributed by atoms with Crippen LogP contribution in [-0.4, -0.2) is 61.6 Å². The molecule has 0 N–H and O–H groups in total. The van der Waals surface area contributed by atoms with Crippen molar-refractivity contribution in [3.63, 3.8) is 0 Å². The number of amides is 1. The first-order chi connectivity index (χ1) is 12.6. The third-order valence-corrected chi connectivity index (χ3v) is 5.55. The predicted octanol–water partition coefficient (Wildman–Crippen LogP) is 3.06. The average Bonchev–Trinajstić information content (AvgIpc) is 2.90.